The highest BCUT2D eigenvalue weighted by atomic mass is 16.2. The Bertz CT molecular complexity index is 636. The number of piperazine rings is 1. The number of hydrogen-bond acceptors (Lipinski definition) is 4. The molecule has 0 unspecified atom stereocenters. The molecule has 2 aromatic rings. The second kappa shape index (κ2) is 6.56. The van der Waals surface area contributed by atoms with Crippen molar-refractivity contribution in [3.8, 4) is 0 Å². The van der Waals surface area contributed by atoms with Gasteiger partial charge in [0.15, 0.2) is 5.82 Å². The van der Waals surface area contributed by atoms with E-state index in [9.17, 15) is 4.79 Å². The van der Waals surface area contributed by atoms with Gasteiger partial charge in [0, 0.05) is 32.4 Å². The van der Waals surface area contributed by atoms with Crippen molar-refractivity contribution in [1.29, 1.82) is 0 Å². The van der Waals surface area contributed by atoms with Crippen LogP contribution in [0, 0.1) is 6.92 Å². The molecule has 1 amide bonds. The monoisotopic (exact) mass is 296 g/mol. The molecule has 1 aromatic carbocycles. The molecule has 3 rings (SSSR count). The minimum atomic E-state index is 0.202. The summed E-state index contributed by atoms with van der Waals surface area (Å²) in [6.45, 7) is 5.13. The highest BCUT2D eigenvalue weighted by Gasteiger charge is 2.22. The number of anilines is 1. The highest BCUT2D eigenvalue weighted by molar-refractivity contribution is 5.79. The first-order chi connectivity index (χ1) is 10.7. The van der Waals surface area contributed by atoms with E-state index in [0.29, 0.717) is 6.42 Å². The maximum atomic E-state index is 12.4. The van der Waals surface area contributed by atoms with Crippen molar-refractivity contribution in [3.05, 3.63) is 53.7 Å². The number of aromatic nitrogens is 2. The van der Waals surface area contributed by atoms with Crippen molar-refractivity contribution < 1.29 is 4.79 Å². The molecule has 5 heteroatoms. The summed E-state index contributed by atoms with van der Waals surface area (Å²) >= 11 is 0. The van der Waals surface area contributed by atoms with Crippen molar-refractivity contribution in [1.82, 2.24) is 15.1 Å². The SMILES string of the molecule is Cc1ccccc1CC(=O)N1CCN(c2cccnn2)CC1. The van der Waals surface area contributed by atoms with E-state index in [0.717, 1.165) is 37.6 Å². The van der Waals surface area contributed by atoms with E-state index >= 15 is 0 Å². The first-order valence-electron chi connectivity index (χ1n) is 7.59. The fraction of sp³-hybridized carbons (Fsp3) is 0.353. The van der Waals surface area contributed by atoms with Crippen LogP contribution in [-0.4, -0.2) is 47.2 Å². The second-order valence-corrected chi connectivity index (χ2v) is 5.55. The molecule has 114 valence electrons. The molecular formula is C17H20N4O. The third kappa shape index (κ3) is 3.24. The first kappa shape index (κ1) is 14.5. The average molecular weight is 296 g/mol. The summed E-state index contributed by atoms with van der Waals surface area (Å²) in [6, 6.07) is 11.9. The van der Waals surface area contributed by atoms with Crippen LogP contribution in [0.2, 0.25) is 0 Å². The Labute approximate surface area is 130 Å². The summed E-state index contributed by atoms with van der Waals surface area (Å²) in [6.07, 6.45) is 2.16. The lowest BCUT2D eigenvalue weighted by molar-refractivity contribution is -0.130. The molecule has 0 saturated carbocycles. The fourth-order valence-electron chi connectivity index (χ4n) is 2.73. The lowest BCUT2D eigenvalue weighted by atomic mass is 10.1. The molecule has 1 aliphatic rings. The van der Waals surface area contributed by atoms with Crippen LogP contribution in [0.4, 0.5) is 5.82 Å². The summed E-state index contributed by atoms with van der Waals surface area (Å²) < 4.78 is 0. The molecule has 1 saturated heterocycles. The van der Waals surface area contributed by atoms with Crippen LogP contribution >= 0.6 is 0 Å². The Hall–Kier alpha value is -2.43. The fourth-order valence-corrected chi connectivity index (χ4v) is 2.73. The Morgan fingerprint density at radius 1 is 1.09 bits per heavy atom. The van der Waals surface area contributed by atoms with Crippen molar-refractivity contribution in [2.45, 2.75) is 13.3 Å². The van der Waals surface area contributed by atoms with Gasteiger partial charge in [-0.05, 0) is 30.2 Å². The topological polar surface area (TPSA) is 49.3 Å². The second-order valence-electron chi connectivity index (χ2n) is 5.55. The summed E-state index contributed by atoms with van der Waals surface area (Å²) in [5, 5.41) is 8.03. The predicted molar refractivity (Wildman–Crippen MR) is 85.7 cm³/mol. The van der Waals surface area contributed by atoms with Crippen LogP contribution in [0.1, 0.15) is 11.1 Å². The van der Waals surface area contributed by atoms with Crippen LogP contribution in [0.3, 0.4) is 0 Å². The largest absolute Gasteiger partial charge is 0.352 e. The van der Waals surface area contributed by atoms with E-state index in [2.05, 4.69) is 28.1 Å². The van der Waals surface area contributed by atoms with Crippen molar-refractivity contribution in [2.75, 3.05) is 31.1 Å². The molecule has 22 heavy (non-hydrogen) atoms. The Kier molecular flexibility index (Phi) is 4.32. The standard InChI is InChI=1S/C17H20N4O/c1-14-5-2-3-6-15(14)13-17(22)21-11-9-20(10-12-21)16-7-4-8-18-19-16/h2-8H,9-13H2,1H3. The van der Waals surface area contributed by atoms with Gasteiger partial charge in [0.25, 0.3) is 0 Å². The summed E-state index contributed by atoms with van der Waals surface area (Å²) in [5.41, 5.74) is 2.29. The molecule has 0 N–H and O–H groups in total. The number of carbonyl (C=O) groups excluding carboxylic acids is 1. The number of amides is 1. The number of nitrogens with zero attached hydrogens (tertiary/aromatic N) is 4. The average Bonchev–Trinajstić information content (AvgIpc) is 2.58. The first-order valence-corrected chi connectivity index (χ1v) is 7.59. The van der Waals surface area contributed by atoms with Gasteiger partial charge in [-0.3, -0.25) is 4.79 Å². The van der Waals surface area contributed by atoms with Crippen LogP contribution < -0.4 is 4.90 Å². The van der Waals surface area contributed by atoms with Crippen LogP contribution in [-0.2, 0) is 11.2 Å². The lowest BCUT2D eigenvalue weighted by Crippen LogP contribution is -2.49. The van der Waals surface area contributed by atoms with Gasteiger partial charge in [0.2, 0.25) is 5.91 Å². The summed E-state index contributed by atoms with van der Waals surface area (Å²) in [5.74, 6) is 1.08. The number of benzene rings is 1. The number of carbonyl (C=O) groups is 1. The summed E-state index contributed by atoms with van der Waals surface area (Å²) in [4.78, 5) is 16.6. The van der Waals surface area contributed by atoms with Gasteiger partial charge >= 0.3 is 0 Å². The minimum absolute atomic E-state index is 0.202. The number of aryl methyl sites for hydroxylation is 1. The molecule has 5 nitrogen and oxygen atoms in total. The van der Waals surface area contributed by atoms with E-state index in [1.807, 2.05) is 35.2 Å². The van der Waals surface area contributed by atoms with Gasteiger partial charge in [-0.15, -0.1) is 5.10 Å². The van der Waals surface area contributed by atoms with E-state index in [1.54, 1.807) is 6.20 Å². The van der Waals surface area contributed by atoms with Crippen molar-refractivity contribution >= 4 is 11.7 Å². The molecule has 2 heterocycles. The van der Waals surface area contributed by atoms with E-state index in [-0.39, 0.29) is 5.91 Å². The van der Waals surface area contributed by atoms with E-state index in [1.165, 1.54) is 5.56 Å². The molecule has 0 radical (unpaired) electrons. The van der Waals surface area contributed by atoms with Gasteiger partial charge in [-0.25, -0.2) is 0 Å². The zero-order valence-electron chi connectivity index (χ0n) is 12.8. The normalized spacial score (nSPS) is 15.0. The molecule has 0 spiro atoms. The molecular weight excluding hydrogens is 276 g/mol. The molecule has 1 aromatic heterocycles. The van der Waals surface area contributed by atoms with Gasteiger partial charge in [0.05, 0.1) is 6.42 Å². The van der Waals surface area contributed by atoms with Crippen LogP contribution in [0.25, 0.3) is 0 Å². The number of hydrogen-bond donors (Lipinski definition) is 0. The van der Waals surface area contributed by atoms with Crippen molar-refractivity contribution in [3.63, 3.8) is 0 Å². The maximum absolute atomic E-state index is 12.4. The maximum Gasteiger partial charge on any atom is 0.227 e. The Morgan fingerprint density at radius 3 is 2.55 bits per heavy atom. The zero-order chi connectivity index (χ0) is 15.4. The Morgan fingerprint density at radius 2 is 1.86 bits per heavy atom. The predicted octanol–water partition coefficient (Wildman–Crippen LogP) is 1.68. The van der Waals surface area contributed by atoms with Crippen LogP contribution in [0.15, 0.2) is 42.6 Å². The molecule has 1 aliphatic heterocycles. The lowest BCUT2D eigenvalue weighted by Gasteiger charge is -2.35. The zero-order valence-corrected chi connectivity index (χ0v) is 12.8. The van der Waals surface area contributed by atoms with Crippen LogP contribution in [0.5, 0.6) is 0 Å². The van der Waals surface area contributed by atoms with E-state index < -0.39 is 0 Å². The highest BCUT2D eigenvalue weighted by Crippen LogP contribution is 2.14. The molecule has 1 fully saturated rings. The third-order valence-electron chi connectivity index (χ3n) is 4.12. The smallest absolute Gasteiger partial charge is 0.227 e. The Balaban J connectivity index is 1.57. The van der Waals surface area contributed by atoms with Gasteiger partial charge < -0.3 is 9.80 Å². The molecule has 0 atom stereocenters. The summed E-state index contributed by atoms with van der Waals surface area (Å²) in [7, 11) is 0. The molecule has 0 bridgehead atoms. The quantitative estimate of drug-likeness (QED) is 0.864. The van der Waals surface area contributed by atoms with E-state index in [4.69, 9.17) is 0 Å². The third-order valence-corrected chi connectivity index (χ3v) is 4.12. The molecule has 0 aliphatic carbocycles. The van der Waals surface area contributed by atoms with Gasteiger partial charge in [-0.2, -0.15) is 5.10 Å². The number of rotatable bonds is 3. The van der Waals surface area contributed by atoms with Gasteiger partial charge in [-0.1, -0.05) is 24.3 Å². The minimum Gasteiger partial charge on any atom is -0.352 e. The van der Waals surface area contributed by atoms with Gasteiger partial charge in [0.1, 0.15) is 0 Å². The van der Waals surface area contributed by atoms with Crippen molar-refractivity contribution in [2.24, 2.45) is 0 Å².